The fourth-order valence-electron chi connectivity index (χ4n) is 5.10. The average Bonchev–Trinajstić information content (AvgIpc) is 2.90. The second-order valence-electron chi connectivity index (χ2n) is 9.40. The molecule has 0 fully saturated rings. The molecule has 4 aromatic carbocycles. The molecule has 2 heteroatoms. The maximum atomic E-state index is 14.7. The summed E-state index contributed by atoms with van der Waals surface area (Å²) in [5, 5.41) is 0. The fourth-order valence-corrected chi connectivity index (χ4v) is 5.10. The van der Waals surface area contributed by atoms with E-state index in [-0.39, 0.29) is 5.43 Å². The van der Waals surface area contributed by atoms with Gasteiger partial charge in [-0.05, 0) is 54.7 Å². The molecule has 0 radical (unpaired) electrons. The van der Waals surface area contributed by atoms with Gasteiger partial charge in [0.25, 0.3) is 0 Å². The second kappa shape index (κ2) is 10.2. The third kappa shape index (κ3) is 4.43. The van der Waals surface area contributed by atoms with Crippen LogP contribution >= 0.6 is 0 Å². The molecule has 2 nitrogen and oxygen atoms in total. The predicted octanol–water partition coefficient (Wildman–Crippen LogP) is 8.54. The Kier molecular flexibility index (Phi) is 6.69. The second-order valence-corrected chi connectivity index (χ2v) is 9.40. The first kappa shape index (κ1) is 23.6. The molecule has 0 spiro atoms. The summed E-state index contributed by atoms with van der Waals surface area (Å²) in [5.41, 5.74) is 9.88. The molecule has 0 aliphatic heterocycles. The van der Waals surface area contributed by atoms with Crippen LogP contribution in [0.15, 0.2) is 114 Å². The van der Waals surface area contributed by atoms with Gasteiger partial charge in [0.2, 0.25) is 0 Å². The maximum absolute atomic E-state index is 14.7. The molecular formula is C34H31NO. The number of nitrogens with zero attached hydrogens (tertiary/aromatic N) is 1. The molecule has 36 heavy (non-hydrogen) atoms. The quantitative estimate of drug-likeness (QED) is 0.244. The fraction of sp³-hybridized carbons (Fsp3) is 0.147. The summed E-state index contributed by atoms with van der Waals surface area (Å²) in [6, 6.07) is 37.2. The molecule has 0 amide bonds. The van der Waals surface area contributed by atoms with Gasteiger partial charge in [-0.2, -0.15) is 0 Å². The Morgan fingerprint density at radius 3 is 1.36 bits per heavy atom. The minimum absolute atomic E-state index is 0.0627. The van der Waals surface area contributed by atoms with E-state index >= 15 is 0 Å². The molecule has 5 rings (SSSR count). The van der Waals surface area contributed by atoms with Crippen molar-refractivity contribution in [2.75, 3.05) is 0 Å². The molecule has 0 atom stereocenters. The predicted molar refractivity (Wildman–Crippen MR) is 152 cm³/mol. The number of aromatic nitrogens is 1. The van der Waals surface area contributed by atoms with Crippen molar-refractivity contribution in [2.24, 2.45) is 0 Å². The van der Waals surface area contributed by atoms with E-state index < -0.39 is 0 Å². The molecule has 0 saturated carbocycles. The number of aryl methyl sites for hydroxylation is 2. The average molecular weight is 470 g/mol. The van der Waals surface area contributed by atoms with Gasteiger partial charge in [-0.15, -0.1) is 0 Å². The van der Waals surface area contributed by atoms with E-state index in [1.54, 1.807) is 0 Å². The number of hydrogen-bond acceptors (Lipinski definition) is 1. The van der Waals surface area contributed by atoms with Crippen LogP contribution < -0.4 is 5.43 Å². The summed E-state index contributed by atoms with van der Waals surface area (Å²) in [5.74, 6) is 0. The molecule has 0 aliphatic carbocycles. The number of hydrogen-bond donors (Lipinski definition) is 0. The Bertz CT molecular complexity index is 1450. The van der Waals surface area contributed by atoms with E-state index in [0.29, 0.717) is 0 Å². The van der Waals surface area contributed by atoms with Gasteiger partial charge >= 0.3 is 0 Å². The molecular weight excluding hydrogens is 438 g/mol. The van der Waals surface area contributed by atoms with Gasteiger partial charge in [0.1, 0.15) is 0 Å². The smallest absolute Gasteiger partial charge is 0.198 e. The van der Waals surface area contributed by atoms with E-state index in [1.165, 1.54) is 11.1 Å². The lowest BCUT2D eigenvalue weighted by molar-refractivity contribution is 0.688. The molecule has 0 N–H and O–H groups in total. The van der Waals surface area contributed by atoms with E-state index in [2.05, 4.69) is 73.9 Å². The van der Waals surface area contributed by atoms with Gasteiger partial charge < -0.3 is 4.57 Å². The zero-order valence-corrected chi connectivity index (χ0v) is 21.2. The van der Waals surface area contributed by atoms with Gasteiger partial charge in [-0.3, -0.25) is 4.79 Å². The number of benzene rings is 4. The van der Waals surface area contributed by atoms with Crippen molar-refractivity contribution < 1.29 is 0 Å². The van der Waals surface area contributed by atoms with E-state index in [0.717, 1.165) is 57.7 Å². The first-order valence-electron chi connectivity index (χ1n) is 12.6. The van der Waals surface area contributed by atoms with Crippen molar-refractivity contribution in [3.63, 3.8) is 0 Å². The lowest BCUT2D eigenvalue weighted by atomic mass is 9.89. The van der Waals surface area contributed by atoms with Crippen LogP contribution in [-0.2, 0) is 6.54 Å². The summed E-state index contributed by atoms with van der Waals surface area (Å²) in [7, 11) is 0. The van der Waals surface area contributed by atoms with Crippen LogP contribution in [0.1, 0.15) is 24.5 Å². The molecule has 1 heterocycles. The molecule has 1 aromatic heterocycles. The number of pyridine rings is 1. The van der Waals surface area contributed by atoms with Crippen LogP contribution in [0, 0.1) is 13.8 Å². The molecule has 0 saturated heterocycles. The minimum atomic E-state index is 0.0627. The van der Waals surface area contributed by atoms with Gasteiger partial charge in [0.15, 0.2) is 5.43 Å². The van der Waals surface area contributed by atoms with Gasteiger partial charge in [-0.25, -0.2) is 0 Å². The van der Waals surface area contributed by atoms with Crippen molar-refractivity contribution in [2.45, 2.75) is 33.7 Å². The Morgan fingerprint density at radius 2 is 0.972 bits per heavy atom. The lowest BCUT2D eigenvalue weighted by Crippen LogP contribution is -2.20. The van der Waals surface area contributed by atoms with Gasteiger partial charge in [0.05, 0.1) is 22.5 Å². The minimum Gasteiger partial charge on any atom is -0.339 e. The van der Waals surface area contributed by atoms with Crippen molar-refractivity contribution >= 4 is 0 Å². The highest BCUT2D eigenvalue weighted by Crippen LogP contribution is 2.39. The third-order valence-electron chi connectivity index (χ3n) is 6.62. The van der Waals surface area contributed by atoms with E-state index in [4.69, 9.17) is 0 Å². The van der Waals surface area contributed by atoms with Crippen LogP contribution in [0.25, 0.3) is 44.8 Å². The highest BCUT2D eigenvalue weighted by molar-refractivity contribution is 5.91. The summed E-state index contributed by atoms with van der Waals surface area (Å²) in [6.45, 7) is 7.20. The third-order valence-corrected chi connectivity index (χ3v) is 6.62. The largest absolute Gasteiger partial charge is 0.339 e. The molecule has 0 bridgehead atoms. The Morgan fingerprint density at radius 1 is 0.556 bits per heavy atom. The Balaban J connectivity index is 2.03. The van der Waals surface area contributed by atoms with Crippen molar-refractivity contribution in [1.29, 1.82) is 0 Å². The zero-order valence-electron chi connectivity index (χ0n) is 21.2. The first-order chi connectivity index (χ1) is 17.6. The van der Waals surface area contributed by atoms with Crippen molar-refractivity contribution in [3.05, 3.63) is 131 Å². The monoisotopic (exact) mass is 469 g/mol. The molecule has 0 aliphatic rings. The van der Waals surface area contributed by atoms with Crippen LogP contribution in [0.4, 0.5) is 0 Å². The summed E-state index contributed by atoms with van der Waals surface area (Å²) >= 11 is 0. The first-order valence-corrected chi connectivity index (χ1v) is 12.6. The summed E-state index contributed by atoms with van der Waals surface area (Å²) in [4.78, 5) is 14.7. The SMILES string of the molecule is CCCn1c(-c2cccc(C)c2)c(-c2ccccc2)c(=O)c(-c2ccccc2)c1-c1cccc(C)c1. The van der Waals surface area contributed by atoms with Crippen LogP contribution in [0.5, 0.6) is 0 Å². The van der Waals surface area contributed by atoms with Crippen LogP contribution in [-0.4, -0.2) is 4.57 Å². The van der Waals surface area contributed by atoms with E-state index in [1.807, 2.05) is 60.7 Å². The Hall–Kier alpha value is -4.17. The van der Waals surface area contributed by atoms with Crippen molar-refractivity contribution in [1.82, 2.24) is 4.57 Å². The highest BCUT2D eigenvalue weighted by Gasteiger charge is 2.25. The Labute approximate surface area is 213 Å². The van der Waals surface area contributed by atoms with E-state index in [9.17, 15) is 4.79 Å². The number of rotatable bonds is 6. The summed E-state index contributed by atoms with van der Waals surface area (Å²) < 4.78 is 2.38. The molecule has 178 valence electrons. The van der Waals surface area contributed by atoms with Gasteiger partial charge in [0, 0.05) is 6.54 Å². The van der Waals surface area contributed by atoms with Crippen LogP contribution in [0.2, 0.25) is 0 Å². The lowest BCUT2D eigenvalue weighted by Gasteiger charge is -2.26. The standard InChI is InChI=1S/C34H31NO/c1-4-21-35-32(28-19-11-13-24(2)22-28)30(26-15-7-5-8-16-26)34(36)31(27-17-9-6-10-18-27)33(35)29-20-12-14-25(3)23-29/h5-20,22-23H,4,21H2,1-3H3. The molecule has 0 unspecified atom stereocenters. The van der Waals surface area contributed by atoms with Crippen LogP contribution in [0.3, 0.4) is 0 Å². The van der Waals surface area contributed by atoms with Gasteiger partial charge in [-0.1, -0.05) is 115 Å². The topological polar surface area (TPSA) is 22.0 Å². The normalized spacial score (nSPS) is 11.0. The molecule has 5 aromatic rings. The van der Waals surface area contributed by atoms with Crippen molar-refractivity contribution in [3.8, 4) is 44.8 Å². The highest BCUT2D eigenvalue weighted by atomic mass is 16.1. The summed E-state index contributed by atoms with van der Waals surface area (Å²) in [6.07, 6.45) is 0.947. The maximum Gasteiger partial charge on any atom is 0.198 e. The zero-order chi connectivity index (χ0) is 25.1.